The van der Waals surface area contributed by atoms with Gasteiger partial charge in [-0.3, -0.25) is 4.79 Å². The van der Waals surface area contributed by atoms with Gasteiger partial charge in [0, 0.05) is 10.9 Å². The number of carbonyl (C=O) groups is 1. The summed E-state index contributed by atoms with van der Waals surface area (Å²) in [6.45, 7) is 4.35. The van der Waals surface area contributed by atoms with Gasteiger partial charge in [-0.15, -0.1) is 0 Å². The first-order valence-corrected chi connectivity index (χ1v) is 6.18. The fraction of sp³-hybridized carbons (Fsp3) is 0.462. The lowest BCUT2D eigenvalue weighted by molar-refractivity contribution is -0.125. The van der Waals surface area contributed by atoms with E-state index in [0.29, 0.717) is 18.0 Å². The molecule has 1 amide bonds. The summed E-state index contributed by atoms with van der Waals surface area (Å²) in [5, 5.41) is 3.63. The van der Waals surface area contributed by atoms with Gasteiger partial charge in [0.2, 0.25) is 5.91 Å². The molecule has 0 aliphatic rings. The molecule has 0 radical (unpaired) electrons. The molecule has 1 rings (SSSR count). The number of benzene rings is 1. The van der Waals surface area contributed by atoms with Crippen molar-refractivity contribution in [3.8, 4) is 0 Å². The van der Waals surface area contributed by atoms with Crippen molar-refractivity contribution in [2.45, 2.75) is 26.3 Å². The van der Waals surface area contributed by atoms with Crippen molar-refractivity contribution >= 4 is 17.5 Å². The van der Waals surface area contributed by atoms with E-state index in [-0.39, 0.29) is 17.9 Å². The lowest BCUT2D eigenvalue weighted by Crippen LogP contribution is -2.32. The van der Waals surface area contributed by atoms with Crippen LogP contribution in [-0.2, 0) is 4.79 Å². The average Bonchev–Trinajstić information content (AvgIpc) is 2.29. The van der Waals surface area contributed by atoms with E-state index in [1.165, 1.54) is 0 Å². The molecule has 0 aliphatic carbocycles. The van der Waals surface area contributed by atoms with E-state index in [4.69, 9.17) is 17.3 Å². The van der Waals surface area contributed by atoms with Crippen molar-refractivity contribution in [3.63, 3.8) is 0 Å². The molecule has 2 atom stereocenters. The molecular weight excluding hydrogens is 236 g/mol. The van der Waals surface area contributed by atoms with Gasteiger partial charge in [-0.25, -0.2) is 0 Å². The molecule has 3 nitrogen and oxygen atoms in total. The quantitative estimate of drug-likeness (QED) is 0.848. The molecule has 17 heavy (non-hydrogen) atoms. The molecule has 0 aromatic heterocycles. The van der Waals surface area contributed by atoms with Gasteiger partial charge in [0.15, 0.2) is 0 Å². The molecule has 0 saturated carbocycles. The van der Waals surface area contributed by atoms with E-state index in [2.05, 4.69) is 5.32 Å². The smallest absolute Gasteiger partial charge is 0.223 e. The van der Waals surface area contributed by atoms with Crippen LogP contribution >= 0.6 is 11.6 Å². The van der Waals surface area contributed by atoms with Crippen molar-refractivity contribution in [2.75, 3.05) is 6.54 Å². The van der Waals surface area contributed by atoms with E-state index < -0.39 is 0 Å². The topological polar surface area (TPSA) is 55.1 Å². The second kappa shape index (κ2) is 6.62. The van der Waals surface area contributed by atoms with Gasteiger partial charge >= 0.3 is 0 Å². The number of carbonyl (C=O) groups excluding carboxylic acids is 1. The van der Waals surface area contributed by atoms with Gasteiger partial charge in [-0.1, -0.05) is 30.7 Å². The first-order chi connectivity index (χ1) is 8.04. The van der Waals surface area contributed by atoms with Crippen LogP contribution < -0.4 is 11.1 Å². The zero-order valence-corrected chi connectivity index (χ0v) is 11.0. The fourth-order valence-electron chi connectivity index (χ4n) is 1.60. The minimum atomic E-state index is -0.0540. The normalized spacial score (nSPS) is 14.1. The number of nitrogens with two attached hydrogens (primary N) is 1. The summed E-state index contributed by atoms with van der Waals surface area (Å²) < 4.78 is 0. The van der Waals surface area contributed by atoms with Gasteiger partial charge in [-0.05, 0) is 37.6 Å². The van der Waals surface area contributed by atoms with Crippen LogP contribution in [0.25, 0.3) is 0 Å². The lowest BCUT2D eigenvalue weighted by Gasteiger charge is -2.17. The number of hydrogen-bond donors (Lipinski definition) is 2. The third-order valence-electron chi connectivity index (χ3n) is 2.75. The van der Waals surface area contributed by atoms with Crippen molar-refractivity contribution in [1.82, 2.24) is 5.32 Å². The first-order valence-electron chi connectivity index (χ1n) is 5.80. The van der Waals surface area contributed by atoms with Crippen molar-refractivity contribution in [3.05, 3.63) is 34.9 Å². The zero-order valence-electron chi connectivity index (χ0n) is 10.2. The summed E-state index contributed by atoms with van der Waals surface area (Å²) in [5.41, 5.74) is 6.44. The molecule has 0 saturated heterocycles. The lowest BCUT2D eigenvalue weighted by atomic mass is 10.0. The van der Waals surface area contributed by atoms with Gasteiger partial charge < -0.3 is 11.1 Å². The third kappa shape index (κ3) is 4.36. The molecule has 0 heterocycles. The fourth-order valence-corrected chi connectivity index (χ4v) is 1.79. The predicted molar refractivity (Wildman–Crippen MR) is 70.8 cm³/mol. The standard InChI is InChI=1S/C13H19ClN2O/c1-9(6-7-15)13(17)16-10(2)11-4-3-5-12(14)8-11/h3-5,8-10H,6-7,15H2,1-2H3,(H,16,17)/t9?,10-/m1/s1. The monoisotopic (exact) mass is 254 g/mol. The highest BCUT2D eigenvalue weighted by Crippen LogP contribution is 2.17. The number of hydrogen-bond acceptors (Lipinski definition) is 2. The van der Waals surface area contributed by atoms with Gasteiger partial charge in [0.25, 0.3) is 0 Å². The van der Waals surface area contributed by atoms with Gasteiger partial charge in [0.1, 0.15) is 0 Å². The van der Waals surface area contributed by atoms with Crippen molar-refractivity contribution in [1.29, 1.82) is 0 Å². The van der Waals surface area contributed by atoms with E-state index in [0.717, 1.165) is 5.56 Å². The number of halogens is 1. The van der Waals surface area contributed by atoms with E-state index in [9.17, 15) is 4.79 Å². The minimum Gasteiger partial charge on any atom is -0.349 e. The highest BCUT2D eigenvalue weighted by molar-refractivity contribution is 6.30. The van der Waals surface area contributed by atoms with Crippen LogP contribution in [-0.4, -0.2) is 12.5 Å². The van der Waals surface area contributed by atoms with Crippen LogP contribution in [0, 0.1) is 5.92 Å². The SMILES string of the molecule is CC(CCN)C(=O)N[C@H](C)c1cccc(Cl)c1. The van der Waals surface area contributed by atoms with Gasteiger partial charge in [0.05, 0.1) is 6.04 Å². The molecule has 94 valence electrons. The van der Waals surface area contributed by atoms with Crippen LogP contribution in [0.15, 0.2) is 24.3 Å². The van der Waals surface area contributed by atoms with Crippen molar-refractivity contribution in [2.24, 2.45) is 11.7 Å². The summed E-state index contributed by atoms with van der Waals surface area (Å²) in [4.78, 5) is 11.8. The molecule has 1 unspecified atom stereocenters. The maximum atomic E-state index is 11.8. The van der Waals surface area contributed by atoms with Crippen molar-refractivity contribution < 1.29 is 4.79 Å². The molecular formula is C13H19ClN2O. The largest absolute Gasteiger partial charge is 0.349 e. The Hall–Kier alpha value is -1.06. The highest BCUT2D eigenvalue weighted by atomic mass is 35.5. The molecule has 0 bridgehead atoms. The predicted octanol–water partition coefficient (Wildman–Crippen LogP) is 2.50. The second-order valence-corrected chi connectivity index (χ2v) is 4.70. The van der Waals surface area contributed by atoms with E-state index >= 15 is 0 Å². The average molecular weight is 255 g/mol. The Morgan fingerprint density at radius 1 is 1.47 bits per heavy atom. The third-order valence-corrected chi connectivity index (χ3v) is 2.99. The highest BCUT2D eigenvalue weighted by Gasteiger charge is 2.15. The summed E-state index contributed by atoms with van der Waals surface area (Å²) >= 11 is 5.91. The summed E-state index contributed by atoms with van der Waals surface area (Å²) in [6, 6.07) is 7.46. The molecule has 0 fully saturated rings. The summed E-state index contributed by atoms with van der Waals surface area (Å²) in [5.74, 6) is -0.0236. The Morgan fingerprint density at radius 3 is 2.76 bits per heavy atom. The van der Waals surface area contributed by atoms with Crippen LogP contribution in [0.4, 0.5) is 0 Å². The Kier molecular flexibility index (Phi) is 5.45. The minimum absolute atomic E-state index is 0.0305. The first kappa shape index (κ1) is 14.0. The maximum absolute atomic E-state index is 11.8. The van der Waals surface area contributed by atoms with Gasteiger partial charge in [-0.2, -0.15) is 0 Å². The number of nitrogens with one attached hydrogen (secondary N) is 1. The van der Waals surface area contributed by atoms with Crippen LogP contribution in [0.2, 0.25) is 5.02 Å². The summed E-state index contributed by atoms with van der Waals surface area (Å²) in [6.07, 6.45) is 0.702. The van der Waals surface area contributed by atoms with E-state index in [1.54, 1.807) is 0 Å². The number of amides is 1. The van der Waals surface area contributed by atoms with Crippen LogP contribution in [0.5, 0.6) is 0 Å². The second-order valence-electron chi connectivity index (χ2n) is 4.26. The maximum Gasteiger partial charge on any atom is 0.223 e. The molecule has 1 aromatic rings. The molecule has 1 aromatic carbocycles. The number of rotatable bonds is 5. The Labute approximate surface area is 107 Å². The molecule has 0 spiro atoms. The zero-order chi connectivity index (χ0) is 12.8. The van der Waals surface area contributed by atoms with E-state index in [1.807, 2.05) is 38.1 Å². The summed E-state index contributed by atoms with van der Waals surface area (Å²) in [7, 11) is 0. The van der Waals surface area contributed by atoms with Crippen LogP contribution in [0.3, 0.4) is 0 Å². The molecule has 0 aliphatic heterocycles. The Bertz CT molecular complexity index is 381. The Morgan fingerprint density at radius 2 is 2.18 bits per heavy atom. The molecule has 3 N–H and O–H groups in total. The van der Waals surface area contributed by atoms with Crippen LogP contribution in [0.1, 0.15) is 31.9 Å². The Balaban J connectivity index is 2.60. The molecule has 4 heteroatoms.